The summed E-state index contributed by atoms with van der Waals surface area (Å²) in [6, 6.07) is 24.1. The molecule has 35 heavy (non-hydrogen) atoms. The number of hydrogen-bond acceptors (Lipinski definition) is 7. The first-order chi connectivity index (χ1) is 17.1. The zero-order valence-electron chi connectivity index (χ0n) is 19.1. The van der Waals surface area contributed by atoms with Crippen LogP contribution in [0.1, 0.15) is 16.7 Å². The van der Waals surface area contributed by atoms with E-state index in [1.165, 1.54) is 0 Å². The molecule has 7 heteroatoms. The number of hydrogen-bond donors (Lipinski definition) is 1. The molecule has 0 amide bonds. The molecule has 0 fully saturated rings. The Hall–Kier alpha value is -4.07. The minimum atomic E-state index is -1.96. The van der Waals surface area contributed by atoms with Gasteiger partial charge in [0.2, 0.25) is 0 Å². The second-order valence-corrected chi connectivity index (χ2v) is 8.15. The molecule has 0 aliphatic carbocycles. The Kier molecular flexibility index (Phi) is 6.27. The van der Waals surface area contributed by atoms with Gasteiger partial charge in [0.05, 0.1) is 7.11 Å². The molecular weight excluding hydrogens is 448 g/mol. The summed E-state index contributed by atoms with van der Waals surface area (Å²) in [6.07, 6.45) is 1.88. The van der Waals surface area contributed by atoms with Crippen molar-refractivity contribution in [1.82, 2.24) is 0 Å². The molecule has 3 aromatic rings. The molecule has 0 aromatic heterocycles. The molecule has 2 heterocycles. The molecule has 0 bridgehead atoms. The topological polar surface area (TPSA) is 83.5 Å². The van der Waals surface area contributed by atoms with Crippen LogP contribution in [0, 0.1) is 0 Å². The van der Waals surface area contributed by atoms with E-state index in [0.717, 1.165) is 11.1 Å². The highest BCUT2D eigenvalue weighted by Crippen LogP contribution is 2.44. The lowest BCUT2D eigenvalue weighted by molar-refractivity contribution is -0.231. The smallest absolute Gasteiger partial charge is 0.345 e. The van der Waals surface area contributed by atoms with Gasteiger partial charge in [-0.1, -0.05) is 42.5 Å². The van der Waals surface area contributed by atoms with Gasteiger partial charge in [-0.3, -0.25) is 0 Å². The van der Waals surface area contributed by atoms with Crippen LogP contribution in [0.25, 0.3) is 0 Å². The summed E-state index contributed by atoms with van der Waals surface area (Å²) < 4.78 is 16.6. The fraction of sp³-hybridized carbons (Fsp3) is 0.179. The van der Waals surface area contributed by atoms with Crippen molar-refractivity contribution in [2.75, 3.05) is 13.7 Å². The Morgan fingerprint density at radius 3 is 2.29 bits per heavy atom. The van der Waals surface area contributed by atoms with Crippen LogP contribution >= 0.6 is 0 Å². The normalized spacial score (nSPS) is 19.3. The summed E-state index contributed by atoms with van der Waals surface area (Å²) >= 11 is 0. The van der Waals surface area contributed by atoms with Gasteiger partial charge in [0, 0.05) is 17.6 Å². The number of cyclic esters (lactones) is 1. The van der Waals surface area contributed by atoms with Crippen LogP contribution in [-0.4, -0.2) is 24.8 Å². The molecule has 5 rings (SSSR count). The lowest BCUT2D eigenvalue weighted by atomic mass is 9.89. The molecule has 178 valence electrons. The van der Waals surface area contributed by atoms with Gasteiger partial charge in [-0.05, 0) is 53.6 Å². The molecule has 1 N–H and O–H groups in total. The standard InChI is InChI=1S/C28H24O7/c1-31-22-13-9-21(10-14-22)28(30)24(26(27(29)34-28)25-15-16-33-35-25)17-19-7-11-23(12-8-19)32-18-20-5-3-2-4-6-20/h2-15,30H,16-18H2,1H3. The largest absolute Gasteiger partial charge is 0.497 e. The SMILES string of the molecule is COc1ccc(C2(O)OC(=O)C(C3=CCOO3)=C2Cc2ccc(OCc3ccccc3)cc2)cc1. The summed E-state index contributed by atoms with van der Waals surface area (Å²) in [7, 11) is 1.56. The van der Waals surface area contributed by atoms with Crippen LogP contribution < -0.4 is 9.47 Å². The molecule has 2 aliphatic rings. The highest BCUT2D eigenvalue weighted by atomic mass is 17.2. The first kappa shape index (κ1) is 22.7. The predicted octanol–water partition coefficient (Wildman–Crippen LogP) is 4.36. The minimum absolute atomic E-state index is 0.158. The average molecular weight is 472 g/mol. The van der Waals surface area contributed by atoms with E-state index < -0.39 is 11.8 Å². The molecule has 3 aromatic carbocycles. The van der Waals surface area contributed by atoms with E-state index in [1.807, 2.05) is 54.6 Å². The minimum Gasteiger partial charge on any atom is -0.497 e. The van der Waals surface area contributed by atoms with Gasteiger partial charge >= 0.3 is 5.97 Å². The summed E-state index contributed by atoms with van der Waals surface area (Å²) in [4.78, 5) is 23.0. The van der Waals surface area contributed by atoms with Gasteiger partial charge in [0.25, 0.3) is 5.79 Å². The van der Waals surface area contributed by atoms with Crippen molar-refractivity contribution in [3.8, 4) is 11.5 Å². The van der Waals surface area contributed by atoms with Crippen molar-refractivity contribution < 1.29 is 33.9 Å². The third kappa shape index (κ3) is 4.64. The third-order valence-corrected chi connectivity index (χ3v) is 5.92. The van der Waals surface area contributed by atoms with Gasteiger partial charge in [0.1, 0.15) is 30.3 Å². The van der Waals surface area contributed by atoms with Crippen molar-refractivity contribution in [2.24, 2.45) is 0 Å². The van der Waals surface area contributed by atoms with Crippen molar-refractivity contribution >= 4 is 5.97 Å². The van der Waals surface area contributed by atoms with Crippen LogP contribution in [0.5, 0.6) is 11.5 Å². The first-order valence-electron chi connectivity index (χ1n) is 11.2. The third-order valence-electron chi connectivity index (χ3n) is 5.92. The zero-order valence-corrected chi connectivity index (χ0v) is 19.1. The summed E-state index contributed by atoms with van der Waals surface area (Å²) in [6.45, 7) is 0.661. The summed E-state index contributed by atoms with van der Waals surface area (Å²) in [5, 5.41) is 11.6. The Bertz CT molecular complexity index is 1260. The van der Waals surface area contributed by atoms with E-state index in [9.17, 15) is 9.90 Å². The number of benzene rings is 3. The molecule has 0 saturated carbocycles. The van der Waals surface area contributed by atoms with E-state index in [0.29, 0.717) is 29.2 Å². The lowest BCUT2D eigenvalue weighted by Gasteiger charge is -2.26. The number of ether oxygens (including phenoxy) is 3. The van der Waals surface area contributed by atoms with E-state index >= 15 is 0 Å². The van der Waals surface area contributed by atoms with Crippen LogP contribution in [-0.2, 0) is 38.1 Å². The Morgan fingerprint density at radius 2 is 1.63 bits per heavy atom. The van der Waals surface area contributed by atoms with E-state index in [-0.39, 0.29) is 24.4 Å². The molecule has 7 nitrogen and oxygen atoms in total. The van der Waals surface area contributed by atoms with Crippen molar-refractivity contribution in [3.63, 3.8) is 0 Å². The predicted molar refractivity (Wildman–Crippen MR) is 126 cm³/mol. The molecule has 0 saturated heterocycles. The van der Waals surface area contributed by atoms with Gasteiger partial charge in [-0.15, -0.1) is 0 Å². The van der Waals surface area contributed by atoms with Gasteiger partial charge < -0.3 is 24.2 Å². The van der Waals surface area contributed by atoms with E-state index in [4.69, 9.17) is 24.0 Å². The van der Waals surface area contributed by atoms with Gasteiger partial charge in [-0.2, -0.15) is 4.89 Å². The van der Waals surface area contributed by atoms with Gasteiger partial charge in [0.15, 0.2) is 5.76 Å². The average Bonchev–Trinajstić information content (AvgIpc) is 3.51. The van der Waals surface area contributed by atoms with E-state index in [1.54, 1.807) is 37.5 Å². The summed E-state index contributed by atoms with van der Waals surface area (Å²) in [5.74, 6) is -1.08. The lowest BCUT2D eigenvalue weighted by Crippen LogP contribution is -2.29. The Morgan fingerprint density at radius 1 is 0.914 bits per heavy atom. The molecular formula is C28H24O7. The Labute approximate surface area is 202 Å². The molecule has 2 aliphatic heterocycles. The van der Waals surface area contributed by atoms with E-state index in [2.05, 4.69) is 0 Å². The second-order valence-electron chi connectivity index (χ2n) is 8.15. The number of methoxy groups -OCH3 is 1. The van der Waals surface area contributed by atoms with Crippen LogP contribution in [0.15, 0.2) is 102 Å². The summed E-state index contributed by atoms with van der Waals surface area (Å²) in [5.41, 5.74) is 2.85. The number of carbonyl (C=O) groups excluding carboxylic acids is 1. The maximum Gasteiger partial charge on any atom is 0.345 e. The maximum absolute atomic E-state index is 12.9. The first-order valence-corrected chi connectivity index (χ1v) is 11.2. The molecule has 1 unspecified atom stereocenters. The van der Waals surface area contributed by atoms with Crippen LogP contribution in [0.2, 0.25) is 0 Å². The van der Waals surface area contributed by atoms with Crippen LogP contribution in [0.4, 0.5) is 0 Å². The molecule has 0 spiro atoms. The fourth-order valence-corrected chi connectivity index (χ4v) is 4.08. The zero-order chi connectivity index (χ0) is 24.3. The highest BCUT2D eigenvalue weighted by Gasteiger charge is 2.49. The quantitative estimate of drug-likeness (QED) is 0.385. The number of esters is 1. The highest BCUT2D eigenvalue weighted by molar-refractivity contribution is 5.97. The van der Waals surface area contributed by atoms with Crippen molar-refractivity contribution in [1.29, 1.82) is 0 Å². The number of aliphatic hydroxyl groups is 1. The van der Waals surface area contributed by atoms with Gasteiger partial charge in [-0.25, -0.2) is 4.79 Å². The maximum atomic E-state index is 12.9. The van der Waals surface area contributed by atoms with Crippen molar-refractivity contribution in [3.05, 3.63) is 119 Å². The monoisotopic (exact) mass is 472 g/mol. The number of rotatable bonds is 8. The second kappa shape index (κ2) is 9.66. The molecule has 1 atom stereocenters. The molecule has 0 radical (unpaired) electrons. The fourth-order valence-electron chi connectivity index (χ4n) is 4.08. The van der Waals surface area contributed by atoms with Crippen molar-refractivity contribution in [2.45, 2.75) is 18.8 Å². The Balaban J connectivity index is 1.43. The number of carbonyl (C=O) groups is 1. The van der Waals surface area contributed by atoms with Crippen LogP contribution in [0.3, 0.4) is 0 Å².